The van der Waals surface area contributed by atoms with Crippen LogP contribution < -0.4 is 10.6 Å². The maximum atomic E-state index is 12.2. The molecule has 0 radical (unpaired) electrons. The van der Waals surface area contributed by atoms with E-state index >= 15 is 0 Å². The lowest BCUT2D eigenvalue weighted by Crippen LogP contribution is -2.17. The number of hydrogen-bond donors (Lipinski definition) is 2. The lowest BCUT2D eigenvalue weighted by molar-refractivity contribution is 0.0597. The van der Waals surface area contributed by atoms with Crippen LogP contribution in [0.15, 0.2) is 82.6 Å². The van der Waals surface area contributed by atoms with Crippen LogP contribution in [0.4, 0.5) is 11.8 Å². The van der Waals surface area contributed by atoms with Crippen LogP contribution in [-0.2, 0) is 11.3 Å². The second kappa shape index (κ2) is 10.8. The fourth-order valence-corrected chi connectivity index (χ4v) is 5.47. The Hall–Kier alpha value is -3.58. The van der Waals surface area contributed by atoms with Crippen LogP contribution in [0.5, 0.6) is 0 Å². The molecule has 35 heavy (non-hydrogen) atoms. The standard InChI is InChI=1S/C28H28N4O2S/c1-34-27(33)22-14-6-9-17-25(22)35-24-16-8-2-10-19(24)18-29-28-31-23-15-7-5-13-21(23)26(32-28)30-20-11-3-4-12-20/h2,5-10,13-17,20H,3-4,11-12,18H2,1H3,(H2,29,30,31,32). The zero-order valence-corrected chi connectivity index (χ0v) is 20.5. The molecule has 1 aromatic heterocycles. The molecule has 1 saturated carbocycles. The molecule has 2 N–H and O–H groups in total. The summed E-state index contributed by atoms with van der Waals surface area (Å²) in [6.45, 7) is 0.560. The molecule has 0 aliphatic heterocycles. The highest BCUT2D eigenvalue weighted by Gasteiger charge is 2.18. The van der Waals surface area contributed by atoms with Gasteiger partial charge in [0.1, 0.15) is 5.82 Å². The zero-order chi connectivity index (χ0) is 24.0. The summed E-state index contributed by atoms with van der Waals surface area (Å²) in [5, 5.41) is 8.12. The summed E-state index contributed by atoms with van der Waals surface area (Å²) < 4.78 is 4.96. The third kappa shape index (κ3) is 5.41. The number of rotatable bonds is 8. The van der Waals surface area contributed by atoms with Gasteiger partial charge in [0.25, 0.3) is 0 Å². The van der Waals surface area contributed by atoms with E-state index in [9.17, 15) is 4.79 Å². The van der Waals surface area contributed by atoms with Crippen LogP contribution in [0.25, 0.3) is 10.9 Å². The normalized spacial score (nSPS) is 13.6. The van der Waals surface area contributed by atoms with E-state index in [2.05, 4.69) is 28.8 Å². The van der Waals surface area contributed by atoms with Crippen LogP contribution in [0.1, 0.15) is 41.6 Å². The first kappa shape index (κ1) is 23.2. The number of nitrogens with one attached hydrogen (secondary N) is 2. The van der Waals surface area contributed by atoms with Crippen LogP contribution in [0.2, 0.25) is 0 Å². The van der Waals surface area contributed by atoms with Crippen molar-refractivity contribution in [2.45, 2.75) is 48.1 Å². The lowest BCUT2D eigenvalue weighted by atomic mass is 10.2. The molecule has 178 valence electrons. The fourth-order valence-electron chi connectivity index (χ4n) is 4.41. The topological polar surface area (TPSA) is 76.1 Å². The van der Waals surface area contributed by atoms with Crippen molar-refractivity contribution in [2.24, 2.45) is 0 Å². The van der Waals surface area contributed by atoms with Crippen molar-refractivity contribution in [1.82, 2.24) is 9.97 Å². The predicted molar refractivity (Wildman–Crippen MR) is 141 cm³/mol. The Morgan fingerprint density at radius 1 is 0.943 bits per heavy atom. The number of hydrogen-bond acceptors (Lipinski definition) is 7. The predicted octanol–water partition coefficient (Wildman–Crippen LogP) is 6.53. The molecule has 1 aliphatic rings. The van der Waals surface area contributed by atoms with Gasteiger partial charge in [0.15, 0.2) is 0 Å². The number of methoxy groups -OCH3 is 1. The third-order valence-electron chi connectivity index (χ3n) is 6.22. The van der Waals surface area contributed by atoms with E-state index in [0.717, 1.165) is 32.1 Å². The van der Waals surface area contributed by atoms with Gasteiger partial charge < -0.3 is 15.4 Å². The number of fused-ring (bicyclic) bond motifs is 1. The highest BCUT2D eigenvalue weighted by atomic mass is 32.2. The quantitative estimate of drug-likeness (QED) is 0.275. The van der Waals surface area contributed by atoms with Gasteiger partial charge in [-0.15, -0.1) is 0 Å². The summed E-state index contributed by atoms with van der Waals surface area (Å²) in [7, 11) is 1.40. The summed E-state index contributed by atoms with van der Waals surface area (Å²) in [6, 6.07) is 24.2. The molecular formula is C28H28N4O2S. The molecule has 0 atom stereocenters. The van der Waals surface area contributed by atoms with E-state index in [0.29, 0.717) is 24.1 Å². The number of nitrogens with zero attached hydrogens (tertiary/aromatic N) is 2. The van der Waals surface area contributed by atoms with Gasteiger partial charge in [-0.3, -0.25) is 0 Å². The highest BCUT2D eigenvalue weighted by molar-refractivity contribution is 7.99. The van der Waals surface area contributed by atoms with Gasteiger partial charge in [-0.2, -0.15) is 4.98 Å². The van der Waals surface area contributed by atoms with Gasteiger partial charge in [-0.25, -0.2) is 9.78 Å². The molecule has 3 aromatic carbocycles. The molecular weight excluding hydrogens is 456 g/mol. The highest BCUT2D eigenvalue weighted by Crippen LogP contribution is 2.34. The number of carbonyl (C=O) groups excluding carboxylic acids is 1. The van der Waals surface area contributed by atoms with E-state index in [1.54, 1.807) is 17.8 Å². The minimum absolute atomic E-state index is 0.337. The molecule has 7 heteroatoms. The van der Waals surface area contributed by atoms with Gasteiger partial charge in [-0.1, -0.05) is 67.1 Å². The Bertz CT molecular complexity index is 1340. The van der Waals surface area contributed by atoms with Gasteiger partial charge in [0, 0.05) is 27.8 Å². The molecule has 0 saturated heterocycles. The van der Waals surface area contributed by atoms with Crippen molar-refractivity contribution in [3.63, 3.8) is 0 Å². The Labute approximate surface area is 209 Å². The second-order valence-corrected chi connectivity index (χ2v) is 9.67. The molecule has 1 aliphatic carbocycles. The smallest absolute Gasteiger partial charge is 0.339 e. The average molecular weight is 485 g/mol. The molecule has 1 heterocycles. The van der Waals surface area contributed by atoms with Crippen molar-refractivity contribution in [1.29, 1.82) is 0 Å². The molecule has 0 unspecified atom stereocenters. The van der Waals surface area contributed by atoms with Crippen LogP contribution in [0.3, 0.4) is 0 Å². The first-order valence-electron chi connectivity index (χ1n) is 11.9. The molecule has 4 aromatic rings. The van der Waals surface area contributed by atoms with E-state index < -0.39 is 0 Å². The van der Waals surface area contributed by atoms with E-state index in [4.69, 9.17) is 14.7 Å². The van der Waals surface area contributed by atoms with Crippen molar-refractivity contribution in [3.05, 3.63) is 83.9 Å². The number of aromatic nitrogens is 2. The van der Waals surface area contributed by atoms with Crippen LogP contribution in [0, 0.1) is 0 Å². The van der Waals surface area contributed by atoms with E-state index in [1.807, 2.05) is 48.5 Å². The van der Waals surface area contributed by atoms with Crippen LogP contribution >= 0.6 is 11.8 Å². The second-order valence-electron chi connectivity index (χ2n) is 8.59. The Balaban J connectivity index is 1.38. The van der Waals surface area contributed by atoms with Gasteiger partial charge in [0.05, 0.1) is 18.2 Å². The summed E-state index contributed by atoms with van der Waals surface area (Å²) in [5.74, 6) is 1.15. The van der Waals surface area contributed by atoms with Crippen LogP contribution in [-0.4, -0.2) is 29.1 Å². The van der Waals surface area contributed by atoms with E-state index in [-0.39, 0.29) is 5.97 Å². The van der Waals surface area contributed by atoms with E-state index in [1.165, 1.54) is 32.8 Å². The minimum atomic E-state index is -0.337. The molecule has 5 rings (SSSR count). The lowest BCUT2D eigenvalue weighted by Gasteiger charge is -2.16. The third-order valence-corrected chi connectivity index (χ3v) is 7.42. The van der Waals surface area contributed by atoms with Gasteiger partial charge in [-0.05, 0) is 48.7 Å². The first-order valence-corrected chi connectivity index (χ1v) is 12.7. The molecule has 6 nitrogen and oxygen atoms in total. The zero-order valence-electron chi connectivity index (χ0n) is 19.7. The molecule has 1 fully saturated rings. The summed E-state index contributed by atoms with van der Waals surface area (Å²) >= 11 is 1.55. The number of benzene rings is 3. The number of para-hydroxylation sites is 1. The average Bonchev–Trinajstić information content (AvgIpc) is 3.41. The molecule has 0 amide bonds. The first-order chi connectivity index (χ1) is 17.2. The summed E-state index contributed by atoms with van der Waals surface area (Å²) in [6.07, 6.45) is 4.89. The number of ether oxygens (including phenoxy) is 1. The van der Waals surface area contributed by atoms with Gasteiger partial charge >= 0.3 is 5.97 Å². The number of anilines is 2. The summed E-state index contributed by atoms with van der Waals surface area (Å²) in [5.41, 5.74) is 2.57. The Morgan fingerprint density at radius 2 is 1.66 bits per heavy atom. The number of esters is 1. The minimum Gasteiger partial charge on any atom is -0.465 e. The molecule has 0 spiro atoms. The van der Waals surface area contributed by atoms with Crippen molar-refractivity contribution in [3.8, 4) is 0 Å². The Morgan fingerprint density at radius 3 is 2.49 bits per heavy atom. The largest absolute Gasteiger partial charge is 0.465 e. The summed E-state index contributed by atoms with van der Waals surface area (Å²) in [4.78, 5) is 23.7. The maximum absolute atomic E-state index is 12.2. The van der Waals surface area contributed by atoms with Crippen molar-refractivity contribution in [2.75, 3.05) is 17.7 Å². The SMILES string of the molecule is COC(=O)c1ccccc1Sc1ccccc1CNc1nc(NC2CCCC2)c2ccccc2n1. The van der Waals surface area contributed by atoms with Crippen molar-refractivity contribution < 1.29 is 9.53 Å². The van der Waals surface area contributed by atoms with Gasteiger partial charge in [0.2, 0.25) is 5.95 Å². The maximum Gasteiger partial charge on any atom is 0.339 e. The Kier molecular flexibility index (Phi) is 7.14. The number of carbonyl (C=O) groups is 1. The molecule has 0 bridgehead atoms. The fraction of sp³-hybridized carbons (Fsp3) is 0.250. The van der Waals surface area contributed by atoms with Crippen molar-refractivity contribution >= 4 is 40.4 Å². The monoisotopic (exact) mass is 484 g/mol.